The normalized spacial score (nSPS) is 11.8. The van der Waals surface area contributed by atoms with E-state index in [4.69, 9.17) is 9.84 Å². The molecule has 0 aliphatic rings. The van der Waals surface area contributed by atoms with Crippen molar-refractivity contribution in [3.8, 4) is 5.75 Å². The number of carbonyl (C=O) groups is 1. The zero-order valence-electron chi connectivity index (χ0n) is 8.49. The molecule has 0 amide bonds. The summed E-state index contributed by atoms with van der Waals surface area (Å²) >= 11 is 0. The Hall–Kier alpha value is -2.18. The number of hydrogen-bond donors (Lipinski definition) is 1. The lowest BCUT2D eigenvalue weighted by Crippen LogP contribution is -2.17. The van der Waals surface area contributed by atoms with Gasteiger partial charge >= 0.3 is 11.8 Å². The number of ether oxygens (including phenoxy) is 1. The zero-order valence-corrected chi connectivity index (χ0v) is 8.49. The highest BCUT2D eigenvalue weighted by Gasteiger charge is 2.18. The van der Waals surface area contributed by atoms with Gasteiger partial charge in [-0.3, -0.25) is 4.79 Å². The molecule has 0 saturated carbocycles. The van der Waals surface area contributed by atoms with E-state index in [1.54, 1.807) is 0 Å². The van der Waals surface area contributed by atoms with Crippen molar-refractivity contribution in [1.29, 1.82) is 0 Å². The van der Waals surface area contributed by atoms with Gasteiger partial charge in [0, 0.05) is 0 Å². The number of aliphatic carboxylic acids is 1. The molecule has 0 radical (unpaired) electrons. The highest BCUT2D eigenvalue weighted by Crippen LogP contribution is 2.24. The van der Waals surface area contributed by atoms with Crippen molar-refractivity contribution in [2.24, 2.45) is 0 Å². The number of aromatic nitrogens is 1. The van der Waals surface area contributed by atoms with Crippen LogP contribution >= 0.6 is 0 Å². The molecule has 86 valence electrons. The first-order chi connectivity index (χ1) is 7.50. The molecule has 1 rings (SSSR count). The molecule has 1 unspecified atom stereocenters. The highest BCUT2D eigenvalue weighted by molar-refractivity contribution is 5.67. The maximum absolute atomic E-state index is 10.6. The standard InChI is InChI=1S/C9H10N2O5/c1-6(5-8(12)13)16-7-3-2-4-10-9(7)11(14)15/h2-4,6H,5H2,1H3,(H,12,13). The lowest BCUT2D eigenvalue weighted by Gasteiger charge is -2.11. The molecule has 0 aliphatic heterocycles. The van der Waals surface area contributed by atoms with Crippen LogP contribution in [0.15, 0.2) is 18.3 Å². The van der Waals surface area contributed by atoms with E-state index in [1.165, 1.54) is 25.3 Å². The number of hydrogen-bond acceptors (Lipinski definition) is 5. The largest absolute Gasteiger partial charge is 0.482 e. The van der Waals surface area contributed by atoms with Crippen LogP contribution in [0.2, 0.25) is 0 Å². The number of carboxylic acids is 1. The fourth-order valence-electron chi connectivity index (χ4n) is 1.12. The summed E-state index contributed by atoms with van der Waals surface area (Å²) in [4.78, 5) is 23.8. The predicted octanol–water partition coefficient (Wildman–Crippen LogP) is 1.23. The van der Waals surface area contributed by atoms with Crippen LogP contribution in [-0.4, -0.2) is 27.1 Å². The van der Waals surface area contributed by atoms with Gasteiger partial charge in [-0.1, -0.05) is 0 Å². The number of rotatable bonds is 5. The van der Waals surface area contributed by atoms with E-state index >= 15 is 0 Å². The van der Waals surface area contributed by atoms with Gasteiger partial charge in [-0.2, -0.15) is 0 Å². The topological polar surface area (TPSA) is 103 Å². The second-order valence-corrected chi connectivity index (χ2v) is 3.11. The molecule has 1 N–H and O–H groups in total. The van der Waals surface area contributed by atoms with E-state index in [0.29, 0.717) is 0 Å². The van der Waals surface area contributed by atoms with Crippen molar-refractivity contribution in [1.82, 2.24) is 4.98 Å². The second-order valence-electron chi connectivity index (χ2n) is 3.11. The predicted molar refractivity (Wildman–Crippen MR) is 53.2 cm³/mol. The van der Waals surface area contributed by atoms with Crippen molar-refractivity contribution in [2.75, 3.05) is 0 Å². The molecule has 0 aliphatic carbocycles. The Labute approximate surface area is 90.8 Å². The SMILES string of the molecule is CC(CC(=O)O)Oc1cccnc1[N+](=O)[O-]. The summed E-state index contributed by atoms with van der Waals surface area (Å²) in [5, 5.41) is 19.1. The van der Waals surface area contributed by atoms with E-state index in [-0.39, 0.29) is 12.2 Å². The average Bonchev–Trinajstić information content (AvgIpc) is 2.16. The van der Waals surface area contributed by atoms with Crippen LogP contribution in [0.5, 0.6) is 5.75 Å². The molecule has 0 saturated heterocycles. The van der Waals surface area contributed by atoms with Gasteiger partial charge in [0.1, 0.15) is 12.3 Å². The van der Waals surface area contributed by atoms with Crippen LogP contribution in [0.25, 0.3) is 0 Å². The van der Waals surface area contributed by atoms with Crippen molar-refractivity contribution >= 4 is 11.8 Å². The Morgan fingerprint density at radius 2 is 2.44 bits per heavy atom. The van der Waals surface area contributed by atoms with Crippen LogP contribution in [0.4, 0.5) is 5.82 Å². The molecule has 0 fully saturated rings. The molecule has 0 spiro atoms. The van der Waals surface area contributed by atoms with Gasteiger partial charge < -0.3 is 20.0 Å². The van der Waals surface area contributed by atoms with Crippen LogP contribution in [0.3, 0.4) is 0 Å². The van der Waals surface area contributed by atoms with Gasteiger partial charge in [-0.25, -0.2) is 0 Å². The third kappa shape index (κ3) is 3.19. The third-order valence-corrected chi connectivity index (χ3v) is 1.71. The van der Waals surface area contributed by atoms with E-state index in [2.05, 4.69) is 4.98 Å². The fourth-order valence-corrected chi connectivity index (χ4v) is 1.12. The van der Waals surface area contributed by atoms with E-state index in [0.717, 1.165) is 0 Å². The van der Waals surface area contributed by atoms with Crippen molar-refractivity contribution in [3.63, 3.8) is 0 Å². The maximum Gasteiger partial charge on any atom is 0.406 e. The highest BCUT2D eigenvalue weighted by atomic mass is 16.6. The van der Waals surface area contributed by atoms with E-state index in [9.17, 15) is 14.9 Å². The molecule has 1 atom stereocenters. The van der Waals surface area contributed by atoms with Crippen LogP contribution in [0.1, 0.15) is 13.3 Å². The molecule has 7 heteroatoms. The van der Waals surface area contributed by atoms with Crippen LogP contribution in [0, 0.1) is 10.1 Å². The van der Waals surface area contributed by atoms with Gasteiger partial charge in [0.25, 0.3) is 0 Å². The first-order valence-electron chi connectivity index (χ1n) is 4.48. The number of carboxylic acid groups (broad SMARTS) is 1. The maximum atomic E-state index is 10.6. The second kappa shape index (κ2) is 5.06. The molecule has 7 nitrogen and oxygen atoms in total. The summed E-state index contributed by atoms with van der Waals surface area (Å²) in [6.07, 6.45) is 0.388. The van der Waals surface area contributed by atoms with Crippen molar-refractivity contribution in [2.45, 2.75) is 19.4 Å². The van der Waals surface area contributed by atoms with Gasteiger partial charge in [-0.15, -0.1) is 0 Å². The Morgan fingerprint density at radius 3 is 3.00 bits per heavy atom. The quantitative estimate of drug-likeness (QED) is 0.598. The first kappa shape index (κ1) is 11.9. The minimum Gasteiger partial charge on any atom is -0.482 e. The molecule has 16 heavy (non-hydrogen) atoms. The number of nitro groups is 1. The Kier molecular flexibility index (Phi) is 3.76. The van der Waals surface area contributed by atoms with Crippen LogP contribution < -0.4 is 4.74 Å². The lowest BCUT2D eigenvalue weighted by atomic mass is 10.3. The monoisotopic (exact) mass is 226 g/mol. The summed E-state index contributed by atoms with van der Waals surface area (Å²) in [6, 6.07) is 2.86. The zero-order chi connectivity index (χ0) is 12.1. The summed E-state index contributed by atoms with van der Waals surface area (Å²) < 4.78 is 5.13. The van der Waals surface area contributed by atoms with Crippen molar-refractivity contribution < 1.29 is 19.6 Å². The van der Waals surface area contributed by atoms with Gasteiger partial charge in [-0.05, 0) is 29.0 Å². The summed E-state index contributed by atoms with van der Waals surface area (Å²) in [6.45, 7) is 1.52. The minimum absolute atomic E-state index is 0.0266. The Bertz CT molecular complexity index is 407. The fraction of sp³-hybridized carbons (Fsp3) is 0.333. The smallest absolute Gasteiger partial charge is 0.406 e. The van der Waals surface area contributed by atoms with Gasteiger partial charge in [0.05, 0.1) is 6.42 Å². The summed E-state index contributed by atoms with van der Waals surface area (Å²) in [7, 11) is 0. The molecular weight excluding hydrogens is 216 g/mol. The molecule has 1 aromatic heterocycles. The Balaban J connectivity index is 2.80. The van der Waals surface area contributed by atoms with E-state index in [1.807, 2.05) is 0 Å². The first-order valence-corrected chi connectivity index (χ1v) is 4.48. The average molecular weight is 226 g/mol. The molecular formula is C9H10N2O5. The van der Waals surface area contributed by atoms with Gasteiger partial charge in [0.15, 0.2) is 0 Å². The summed E-state index contributed by atoms with van der Waals surface area (Å²) in [5.41, 5.74) is 0. The minimum atomic E-state index is -1.03. The molecule has 1 aromatic rings. The molecule has 0 bridgehead atoms. The third-order valence-electron chi connectivity index (χ3n) is 1.71. The number of nitrogens with zero attached hydrogens (tertiary/aromatic N) is 2. The lowest BCUT2D eigenvalue weighted by molar-refractivity contribution is -0.390. The Morgan fingerprint density at radius 1 is 1.75 bits per heavy atom. The molecule has 0 aromatic carbocycles. The van der Waals surface area contributed by atoms with Crippen LogP contribution in [-0.2, 0) is 4.79 Å². The summed E-state index contributed by atoms with van der Waals surface area (Å²) in [5.74, 6) is -1.47. The molecule has 1 heterocycles. The van der Waals surface area contributed by atoms with E-state index < -0.39 is 22.8 Å². The van der Waals surface area contributed by atoms with Crippen molar-refractivity contribution in [3.05, 3.63) is 28.4 Å². The number of pyridine rings is 1. The van der Waals surface area contributed by atoms with Gasteiger partial charge in [0.2, 0.25) is 5.75 Å².